The Morgan fingerprint density at radius 1 is 1.29 bits per heavy atom. The number of nitrogens with zero attached hydrogens (tertiary/aromatic N) is 1. The zero-order valence-corrected chi connectivity index (χ0v) is 10.9. The van der Waals surface area contributed by atoms with Crippen LogP contribution < -0.4 is 5.73 Å². The molecule has 0 spiro atoms. The molecule has 0 aromatic rings. The molecular formula is C10H18N2O4S. The van der Waals surface area contributed by atoms with Gasteiger partial charge in [-0.3, -0.25) is 14.4 Å². The van der Waals surface area contributed by atoms with Gasteiger partial charge in [0.1, 0.15) is 0 Å². The minimum absolute atomic E-state index is 0.0640. The summed E-state index contributed by atoms with van der Waals surface area (Å²) in [7, 11) is 2.94. The molecule has 7 heteroatoms. The Kier molecular flexibility index (Phi) is 8.21. The van der Waals surface area contributed by atoms with Gasteiger partial charge in [0.15, 0.2) is 0 Å². The molecule has 98 valence electrons. The van der Waals surface area contributed by atoms with Crippen LogP contribution in [0.15, 0.2) is 0 Å². The van der Waals surface area contributed by atoms with Crippen LogP contribution in [0.4, 0.5) is 0 Å². The highest BCUT2D eigenvalue weighted by Crippen LogP contribution is 2.03. The van der Waals surface area contributed by atoms with E-state index in [9.17, 15) is 14.4 Å². The Morgan fingerprint density at radius 2 is 1.94 bits per heavy atom. The molecule has 0 unspecified atom stereocenters. The van der Waals surface area contributed by atoms with Crippen LogP contribution in [0.25, 0.3) is 0 Å². The van der Waals surface area contributed by atoms with E-state index < -0.39 is 0 Å². The van der Waals surface area contributed by atoms with Crippen LogP contribution in [0.2, 0.25) is 0 Å². The van der Waals surface area contributed by atoms with Crippen molar-refractivity contribution >= 4 is 29.5 Å². The van der Waals surface area contributed by atoms with Crippen molar-refractivity contribution in [3.8, 4) is 0 Å². The van der Waals surface area contributed by atoms with Gasteiger partial charge in [-0.1, -0.05) is 0 Å². The predicted molar refractivity (Wildman–Crippen MR) is 65.4 cm³/mol. The summed E-state index contributed by atoms with van der Waals surface area (Å²) in [5, 5.41) is 0. The van der Waals surface area contributed by atoms with Crippen LogP contribution in [-0.4, -0.2) is 54.9 Å². The number of hydrogen-bond donors (Lipinski definition) is 1. The lowest BCUT2D eigenvalue weighted by Gasteiger charge is -2.16. The van der Waals surface area contributed by atoms with Gasteiger partial charge >= 0.3 is 5.97 Å². The molecule has 0 aliphatic heterocycles. The summed E-state index contributed by atoms with van der Waals surface area (Å²) in [6, 6.07) is 0. The van der Waals surface area contributed by atoms with E-state index in [1.807, 2.05) is 0 Å². The van der Waals surface area contributed by atoms with E-state index in [0.29, 0.717) is 18.7 Å². The van der Waals surface area contributed by atoms with Crippen molar-refractivity contribution in [2.45, 2.75) is 12.8 Å². The summed E-state index contributed by atoms with van der Waals surface area (Å²) < 4.78 is 4.47. The normalized spacial score (nSPS) is 9.76. The van der Waals surface area contributed by atoms with Gasteiger partial charge in [0.25, 0.3) is 0 Å². The van der Waals surface area contributed by atoms with Crippen LogP contribution in [0, 0.1) is 0 Å². The lowest BCUT2D eigenvalue weighted by molar-refractivity contribution is -0.141. The van der Waals surface area contributed by atoms with E-state index in [-0.39, 0.29) is 30.0 Å². The van der Waals surface area contributed by atoms with E-state index >= 15 is 0 Å². The van der Waals surface area contributed by atoms with Gasteiger partial charge in [-0.2, -0.15) is 11.8 Å². The number of rotatable bonds is 8. The minimum atomic E-state index is -0.388. The Morgan fingerprint density at radius 3 is 2.47 bits per heavy atom. The summed E-state index contributed by atoms with van der Waals surface area (Å²) in [5.41, 5.74) is 4.96. The third-order valence-electron chi connectivity index (χ3n) is 2.01. The summed E-state index contributed by atoms with van der Waals surface area (Å²) in [6.07, 6.45) is 0.517. The summed E-state index contributed by atoms with van der Waals surface area (Å²) in [6.45, 7) is 0.339. The standard InChI is InChI=1S/C10H18N2O4S/c1-12(5-3-10(15)16-2)9(14)4-6-17-7-8(11)13/h3-7H2,1-2H3,(H2,11,13). The number of carbonyl (C=O) groups excluding carboxylic acids is 3. The number of ether oxygens (including phenoxy) is 1. The second-order valence-corrected chi connectivity index (χ2v) is 4.52. The van der Waals surface area contributed by atoms with Crippen LogP contribution >= 0.6 is 11.8 Å². The molecule has 17 heavy (non-hydrogen) atoms. The molecule has 0 aromatic carbocycles. The molecule has 0 bridgehead atoms. The third-order valence-corrected chi connectivity index (χ3v) is 2.99. The molecule has 0 atom stereocenters. The molecule has 0 fully saturated rings. The minimum Gasteiger partial charge on any atom is -0.469 e. The third kappa shape index (κ3) is 8.56. The van der Waals surface area contributed by atoms with Crippen molar-refractivity contribution in [2.75, 3.05) is 32.2 Å². The number of nitrogens with two attached hydrogens (primary N) is 1. The molecule has 0 aromatic heterocycles. The van der Waals surface area contributed by atoms with Crippen molar-refractivity contribution in [1.29, 1.82) is 0 Å². The number of amides is 2. The Balaban J connectivity index is 3.67. The Bertz CT molecular complexity index is 283. The van der Waals surface area contributed by atoms with Crippen molar-refractivity contribution in [3.05, 3.63) is 0 Å². The average Bonchev–Trinajstić information content (AvgIpc) is 2.30. The number of methoxy groups -OCH3 is 1. The maximum Gasteiger partial charge on any atom is 0.307 e. The molecule has 0 rings (SSSR count). The lowest BCUT2D eigenvalue weighted by atomic mass is 10.3. The fourth-order valence-electron chi connectivity index (χ4n) is 1.01. The zero-order valence-electron chi connectivity index (χ0n) is 10.1. The van der Waals surface area contributed by atoms with E-state index in [1.54, 1.807) is 7.05 Å². The second-order valence-electron chi connectivity index (χ2n) is 3.41. The smallest absolute Gasteiger partial charge is 0.307 e. The SMILES string of the molecule is COC(=O)CCN(C)C(=O)CCSCC(N)=O. The van der Waals surface area contributed by atoms with Crippen molar-refractivity contribution in [3.63, 3.8) is 0 Å². The van der Waals surface area contributed by atoms with Crippen LogP contribution in [0.5, 0.6) is 0 Å². The summed E-state index contributed by atoms with van der Waals surface area (Å²) in [4.78, 5) is 34.3. The fraction of sp³-hybridized carbons (Fsp3) is 0.700. The number of primary amides is 1. The van der Waals surface area contributed by atoms with Crippen molar-refractivity contribution in [2.24, 2.45) is 5.73 Å². The summed E-state index contributed by atoms with van der Waals surface area (Å²) >= 11 is 1.32. The molecule has 0 saturated heterocycles. The molecule has 0 heterocycles. The van der Waals surface area contributed by atoms with Gasteiger partial charge in [-0.25, -0.2) is 0 Å². The Hall–Kier alpha value is -1.24. The molecule has 2 amide bonds. The zero-order chi connectivity index (χ0) is 13.3. The first kappa shape index (κ1) is 15.8. The summed E-state index contributed by atoms with van der Waals surface area (Å²) in [5.74, 6) is -0.0242. The molecule has 6 nitrogen and oxygen atoms in total. The molecule has 2 N–H and O–H groups in total. The first-order valence-electron chi connectivity index (χ1n) is 5.14. The molecule has 0 radical (unpaired) electrons. The fourth-order valence-corrected chi connectivity index (χ4v) is 1.67. The van der Waals surface area contributed by atoms with Gasteiger partial charge < -0.3 is 15.4 Å². The van der Waals surface area contributed by atoms with E-state index in [2.05, 4.69) is 4.74 Å². The number of carbonyl (C=O) groups is 3. The number of esters is 1. The highest BCUT2D eigenvalue weighted by molar-refractivity contribution is 7.99. The highest BCUT2D eigenvalue weighted by Gasteiger charge is 2.10. The monoisotopic (exact) mass is 262 g/mol. The maximum atomic E-state index is 11.5. The van der Waals surface area contributed by atoms with Gasteiger partial charge in [0, 0.05) is 25.8 Å². The molecular weight excluding hydrogens is 244 g/mol. The van der Waals surface area contributed by atoms with Gasteiger partial charge in [0.2, 0.25) is 11.8 Å². The predicted octanol–water partition coefficient (Wildman–Crippen LogP) is -0.383. The molecule has 0 aliphatic rings. The molecule has 0 saturated carbocycles. The largest absolute Gasteiger partial charge is 0.469 e. The molecule has 0 aliphatic carbocycles. The van der Waals surface area contributed by atoms with Crippen LogP contribution in [-0.2, 0) is 19.1 Å². The number of hydrogen-bond acceptors (Lipinski definition) is 5. The lowest BCUT2D eigenvalue weighted by Crippen LogP contribution is -2.29. The first-order chi connectivity index (χ1) is 7.97. The highest BCUT2D eigenvalue weighted by atomic mass is 32.2. The number of thioether (sulfide) groups is 1. The quantitative estimate of drug-likeness (QED) is 0.475. The van der Waals surface area contributed by atoms with Gasteiger partial charge in [-0.15, -0.1) is 0 Å². The van der Waals surface area contributed by atoms with Crippen molar-refractivity contribution in [1.82, 2.24) is 4.90 Å². The first-order valence-corrected chi connectivity index (χ1v) is 6.29. The van der Waals surface area contributed by atoms with Crippen LogP contribution in [0.3, 0.4) is 0 Å². The van der Waals surface area contributed by atoms with Gasteiger partial charge in [0.05, 0.1) is 19.3 Å². The van der Waals surface area contributed by atoms with E-state index in [0.717, 1.165) is 0 Å². The Labute approximate surface area is 105 Å². The topological polar surface area (TPSA) is 89.7 Å². The van der Waals surface area contributed by atoms with Crippen LogP contribution in [0.1, 0.15) is 12.8 Å². The van der Waals surface area contributed by atoms with Crippen molar-refractivity contribution < 1.29 is 19.1 Å². The van der Waals surface area contributed by atoms with E-state index in [1.165, 1.54) is 23.8 Å². The van der Waals surface area contributed by atoms with E-state index in [4.69, 9.17) is 5.73 Å². The maximum absolute atomic E-state index is 11.5. The average molecular weight is 262 g/mol. The van der Waals surface area contributed by atoms with Gasteiger partial charge in [-0.05, 0) is 0 Å². The second kappa shape index (κ2) is 8.86.